The average molecular weight is 295 g/mol. The molecule has 6 heteroatoms. The quantitative estimate of drug-likeness (QED) is 0.733. The molecule has 0 aromatic rings. The SMILES string of the molecule is O=C(NC1CCN2CCCC12)NC1(C(=O)O)CCCCC1. The highest BCUT2D eigenvalue weighted by Crippen LogP contribution is 2.30. The Balaban J connectivity index is 1.59. The first kappa shape index (κ1) is 14.6. The maximum Gasteiger partial charge on any atom is 0.329 e. The van der Waals surface area contributed by atoms with Crippen LogP contribution in [0.3, 0.4) is 0 Å². The number of amides is 2. The van der Waals surface area contributed by atoms with Crippen molar-refractivity contribution in [1.82, 2.24) is 15.5 Å². The molecule has 0 aromatic heterocycles. The van der Waals surface area contributed by atoms with Gasteiger partial charge in [-0.15, -0.1) is 0 Å². The molecule has 3 fully saturated rings. The third-order valence-electron chi connectivity index (χ3n) is 5.39. The van der Waals surface area contributed by atoms with Crippen molar-refractivity contribution >= 4 is 12.0 Å². The fourth-order valence-corrected chi connectivity index (χ4v) is 4.22. The van der Waals surface area contributed by atoms with Gasteiger partial charge in [0.1, 0.15) is 5.54 Å². The Morgan fingerprint density at radius 1 is 1.05 bits per heavy atom. The van der Waals surface area contributed by atoms with E-state index in [2.05, 4.69) is 15.5 Å². The number of carbonyl (C=O) groups excluding carboxylic acids is 1. The Hall–Kier alpha value is -1.30. The van der Waals surface area contributed by atoms with Crippen molar-refractivity contribution in [3.8, 4) is 0 Å². The molecule has 2 aliphatic heterocycles. The number of carbonyl (C=O) groups is 2. The number of urea groups is 1. The van der Waals surface area contributed by atoms with Gasteiger partial charge in [0.15, 0.2) is 0 Å². The summed E-state index contributed by atoms with van der Waals surface area (Å²) in [6.45, 7) is 2.17. The average Bonchev–Trinajstić information content (AvgIpc) is 3.05. The van der Waals surface area contributed by atoms with Gasteiger partial charge < -0.3 is 15.7 Å². The van der Waals surface area contributed by atoms with E-state index < -0.39 is 11.5 Å². The summed E-state index contributed by atoms with van der Waals surface area (Å²) in [6, 6.07) is 0.308. The third-order valence-corrected chi connectivity index (χ3v) is 5.39. The van der Waals surface area contributed by atoms with Crippen LogP contribution < -0.4 is 10.6 Å². The fraction of sp³-hybridized carbons (Fsp3) is 0.867. The largest absolute Gasteiger partial charge is 0.480 e. The van der Waals surface area contributed by atoms with Crippen LogP contribution >= 0.6 is 0 Å². The van der Waals surface area contributed by atoms with Crippen LogP contribution in [0.25, 0.3) is 0 Å². The summed E-state index contributed by atoms with van der Waals surface area (Å²) in [5.41, 5.74) is -1.06. The van der Waals surface area contributed by atoms with Crippen LogP contribution in [0.2, 0.25) is 0 Å². The van der Waals surface area contributed by atoms with Crippen LogP contribution in [0.5, 0.6) is 0 Å². The van der Waals surface area contributed by atoms with Gasteiger partial charge in [-0.1, -0.05) is 19.3 Å². The molecule has 2 atom stereocenters. The molecule has 2 unspecified atom stereocenters. The number of rotatable bonds is 3. The van der Waals surface area contributed by atoms with Crippen molar-refractivity contribution < 1.29 is 14.7 Å². The Labute approximate surface area is 125 Å². The van der Waals surface area contributed by atoms with Gasteiger partial charge in [0.05, 0.1) is 0 Å². The first-order chi connectivity index (χ1) is 10.1. The minimum Gasteiger partial charge on any atom is -0.480 e. The summed E-state index contributed by atoms with van der Waals surface area (Å²) in [4.78, 5) is 26.3. The van der Waals surface area contributed by atoms with Gasteiger partial charge in [0.2, 0.25) is 0 Å². The molecule has 21 heavy (non-hydrogen) atoms. The molecular formula is C15H25N3O3. The van der Waals surface area contributed by atoms with Crippen LogP contribution in [0.15, 0.2) is 0 Å². The van der Waals surface area contributed by atoms with Gasteiger partial charge in [-0.2, -0.15) is 0 Å². The van der Waals surface area contributed by atoms with Crippen molar-refractivity contribution in [2.75, 3.05) is 13.1 Å². The number of carboxylic acid groups (broad SMARTS) is 1. The number of nitrogens with one attached hydrogen (secondary N) is 2. The second-order valence-electron chi connectivity index (χ2n) is 6.69. The van der Waals surface area contributed by atoms with E-state index in [1.54, 1.807) is 0 Å². The maximum absolute atomic E-state index is 12.3. The lowest BCUT2D eigenvalue weighted by Crippen LogP contribution is -2.59. The summed E-state index contributed by atoms with van der Waals surface area (Å²) in [7, 11) is 0. The highest BCUT2D eigenvalue weighted by Gasteiger charge is 2.43. The number of hydrogen-bond donors (Lipinski definition) is 3. The monoisotopic (exact) mass is 295 g/mol. The minimum atomic E-state index is -1.06. The summed E-state index contributed by atoms with van der Waals surface area (Å²) in [5, 5.41) is 15.3. The van der Waals surface area contributed by atoms with E-state index in [9.17, 15) is 14.7 Å². The smallest absolute Gasteiger partial charge is 0.329 e. The topological polar surface area (TPSA) is 81.7 Å². The van der Waals surface area contributed by atoms with Crippen LogP contribution in [0, 0.1) is 0 Å². The molecule has 0 radical (unpaired) electrons. The summed E-state index contributed by atoms with van der Waals surface area (Å²) < 4.78 is 0. The number of aliphatic carboxylic acids is 1. The Morgan fingerprint density at radius 3 is 2.52 bits per heavy atom. The number of carboxylic acids is 1. The third kappa shape index (κ3) is 2.86. The van der Waals surface area contributed by atoms with Crippen molar-refractivity contribution in [1.29, 1.82) is 0 Å². The second-order valence-corrected chi connectivity index (χ2v) is 6.69. The Kier molecular flexibility index (Phi) is 4.06. The van der Waals surface area contributed by atoms with Crippen LogP contribution in [-0.2, 0) is 4.79 Å². The zero-order chi connectivity index (χ0) is 14.9. The fourth-order valence-electron chi connectivity index (χ4n) is 4.22. The van der Waals surface area contributed by atoms with E-state index in [0.717, 1.165) is 45.2 Å². The van der Waals surface area contributed by atoms with Crippen LogP contribution in [-0.4, -0.2) is 52.7 Å². The summed E-state index contributed by atoms with van der Waals surface area (Å²) in [5.74, 6) is -0.897. The van der Waals surface area contributed by atoms with E-state index in [0.29, 0.717) is 18.9 Å². The van der Waals surface area contributed by atoms with Gasteiger partial charge >= 0.3 is 12.0 Å². The highest BCUT2D eigenvalue weighted by atomic mass is 16.4. The first-order valence-corrected chi connectivity index (χ1v) is 8.17. The first-order valence-electron chi connectivity index (χ1n) is 8.17. The molecule has 2 amide bonds. The molecule has 3 aliphatic rings. The van der Waals surface area contributed by atoms with Gasteiger partial charge in [-0.05, 0) is 38.6 Å². The van der Waals surface area contributed by atoms with Crippen molar-refractivity contribution in [2.24, 2.45) is 0 Å². The predicted molar refractivity (Wildman–Crippen MR) is 78.1 cm³/mol. The molecule has 2 saturated heterocycles. The predicted octanol–water partition coefficient (Wildman–Crippen LogP) is 1.31. The molecule has 3 rings (SSSR count). The van der Waals surface area contributed by atoms with Gasteiger partial charge in [-0.3, -0.25) is 4.90 Å². The highest BCUT2D eigenvalue weighted by molar-refractivity contribution is 5.86. The lowest BCUT2D eigenvalue weighted by molar-refractivity contribution is -0.145. The molecule has 2 heterocycles. The standard InChI is InChI=1S/C15H25N3O3/c19-13(20)15(7-2-1-3-8-15)17-14(21)16-11-6-10-18-9-4-5-12(11)18/h11-12H,1-10H2,(H,19,20)(H2,16,17,21). The second kappa shape index (κ2) is 5.83. The molecule has 1 aliphatic carbocycles. The van der Waals surface area contributed by atoms with E-state index in [1.807, 2.05) is 0 Å². The number of hydrogen-bond acceptors (Lipinski definition) is 3. The van der Waals surface area contributed by atoms with Crippen LogP contribution in [0.4, 0.5) is 4.79 Å². The lowest BCUT2D eigenvalue weighted by atomic mass is 9.82. The number of nitrogens with zero attached hydrogens (tertiary/aromatic N) is 1. The molecule has 118 valence electrons. The minimum absolute atomic E-state index is 0.168. The molecule has 1 saturated carbocycles. The molecule has 6 nitrogen and oxygen atoms in total. The number of fused-ring (bicyclic) bond motifs is 1. The van der Waals surface area contributed by atoms with Gasteiger partial charge in [-0.25, -0.2) is 9.59 Å². The lowest BCUT2D eigenvalue weighted by Gasteiger charge is -2.34. The molecule has 0 spiro atoms. The zero-order valence-electron chi connectivity index (χ0n) is 12.4. The molecule has 3 N–H and O–H groups in total. The van der Waals surface area contributed by atoms with E-state index in [1.165, 1.54) is 6.42 Å². The van der Waals surface area contributed by atoms with E-state index >= 15 is 0 Å². The molecular weight excluding hydrogens is 270 g/mol. The Bertz CT molecular complexity index is 420. The van der Waals surface area contributed by atoms with E-state index in [-0.39, 0.29) is 12.1 Å². The van der Waals surface area contributed by atoms with Crippen molar-refractivity contribution in [3.05, 3.63) is 0 Å². The zero-order valence-corrected chi connectivity index (χ0v) is 12.4. The normalized spacial score (nSPS) is 31.6. The molecule has 0 aromatic carbocycles. The molecule has 0 bridgehead atoms. The van der Waals surface area contributed by atoms with Crippen molar-refractivity contribution in [3.63, 3.8) is 0 Å². The van der Waals surface area contributed by atoms with Gasteiger partial charge in [0.25, 0.3) is 0 Å². The van der Waals surface area contributed by atoms with Crippen LogP contribution in [0.1, 0.15) is 51.4 Å². The Morgan fingerprint density at radius 2 is 1.81 bits per heavy atom. The van der Waals surface area contributed by atoms with E-state index in [4.69, 9.17) is 0 Å². The summed E-state index contributed by atoms with van der Waals surface area (Å²) >= 11 is 0. The summed E-state index contributed by atoms with van der Waals surface area (Å²) in [6.07, 6.45) is 7.17. The van der Waals surface area contributed by atoms with Crippen molar-refractivity contribution in [2.45, 2.75) is 69.0 Å². The maximum atomic E-state index is 12.3. The van der Waals surface area contributed by atoms with Gasteiger partial charge in [0, 0.05) is 18.6 Å².